The Bertz CT molecular complexity index is 608. The molecule has 2 rings (SSSR count). The molecule has 0 unspecified atom stereocenters. The molecule has 1 N–H and O–H groups in total. The first-order chi connectivity index (χ1) is 9.63. The zero-order valence-corrected chi connectivity index (χ0v) is 12.7. The van der Waals surface area contributed by atoms with Crippen LogP contribution in [0.3, 0.4) is 0 Å². The van der Waals surface area contributed by atoms with Crippen molar-refractivity contribution in [3.63, 3.8) is 0 Å². The minimum atomic E-state index is -0.410. The van der Waals surface area contributed by atoms with Gasteiger partial charge in [0.25, 0.3) is 0 Å². The molecule has 1 aromatic carbocycles. The zero-order chi connectivity index (χ0) is 14.5. The molecule has 0 saturated carbocycles. The maximum Gasteiger partial charge on any atom is 0.166 e. The van der Waals surface area contributed by atoms with Gasteiger partial charge in [-0.05, 0) is 34.1 Å². The van der Waals surface area contributed by atoms with Gasteiger partial charge >= 0.3 is 0 Å². The summed E-state index contributed by atoms with van der Waals surface area (Å²) in [5.74, 6) is 1.17. The van der Waals surface area contributed by atoms with Gasteiger partial charge in [-0.25, -0.2) is 9.37 Å². The van der Waals surface area contributed by atoms with Crippen LogP contribution in [0.4, 0.5) is 10.2 Å². The van der Waals surface area contributed by atoms with E-state index in [9.17, 15) is 4.39 Å². The summed E-state index contributed by atoms with van der Waals surface area (Å²) in [5, 5.41) is 2.94. The topological polar surface area (TPSA) is 43.4 Å². The van der Waals surface area contributed by atoms with Crippen molar-refractivity contribution in [2.75, 3.05) is 19.5 Å². The number of anilines is 1. The third-order valence-corrected chi connectivity index (χ3v) is 3.18. The number of nitrogens with one attached hydrogen (secondary N) is 1. The van der Waals surface area contributed by atoms with Crippen molar-refractivity contribution in [3.05, 3.63) is 46.3 Å². The molecule has 0 amide bonds. The molecule has 0 atom stereocenters. The number of methoxy groups -OCH3 is 2. The molecule has 1 aromatic heterocycles. The van der Waals surface area contributed by atoms with Crippen LogP contribution in [0.15, 0.2) is 34.9 Å². The van der Waals surface area contributed by atoms with Crippen molar-refractivity contribution in [2.45, 2.75) is 6.54 Å². The highest BCUT2D eigenvalue weighted by molar-refractivity contribution is 9.10. The average molecular weight is 341 g/mol. The molecule has 4 nitrogen and oxygen atoms in total. The Kier molecular flexibility index (Phi) is 4.79. The van der Waals surface area contributed by atoms with Crippen LogP contribution in [-0.4, -0.2) is 19.2 Å². The summed E-state index contributed by atoms with van der Waals surface area (Å²) in [4.78, 5) is 3.98. The molecule has 0 aliphatic rings. The Morgan fingerprint density at radius 3 is 2.70 bits per heavy atom. The van der Waals surface area contributed by atoms with E-state index in [2.05, 4.69) is 26.2 Å². The van der Waals surface area contributed by atoms with E-state index < -0.39 is 5.82 Å². The van der Waals surface area contributed by atoms with E-state index in [0.717, 1.165) is 5.56 Å². The van der Waals surface area contributed by atoms with E-state index in [1.807, 2.05) is 12.1 Å². The second kappa shape index (κ2) is 6.56. The lowest BCUT2D eigenvalue weighted by Gasteiger charge is -2.12. The first-order valence-electron chi connectivity index (χ1n) is 5.90. The van der Waals surface area contributed by atoms with Gasteiger partial charge in [0.1, 0.15) is 11.5 Å². The van der Waals surface area contributed by atoms with Crippen molar-refractivity contribution < 1.29 is 13.9 Å². The van der Waals surface area contributed by atoms with Gasteiger partial charge in [0.2, 0.25) is 0 Å². The molecular formula is C14H14BrFN2O2. The first-order valence-corrected chi connectivity index (χ1v) is 6.69. The molecule has 0 spiro atoms. The standard InChI is InChI=1S/C14H14BrFN2O2/c1-19-11-4-3-9(13(6-11)20-2)7-17-14-12(16)5-10(15)8-18-14/h3-6,8H,7H2,1-2H3,(H,17,18). The summed E-state index contributed by atoms with van der Waals surface area (Å²) in [6.07, 6.45) is 1.54. The Morgan fingerprint density at radius 2 is 2.05 bits per heavy atom. The van der Waals surface area contributed by atoms with Crippen LogP contribution >= 0.6 is 15.9 Å². The van der Waals surface area contributed by atoms with Crippen LogP contribution in [0.2, 0.25) is 0 Å². The van der Waals surface area contributed by atoms with Crippen molar-refractivity contribution >= 4 is 21.7 Å². The Morgan fingerprint density at radius 1 is 1.25 bits per heavy atom. The SMILES string of the molecule is COc1ccc(CNc2ncc(Br)cc2F)c(OC)c1. The van der Waals surface area contributed by atoms with Crippen molar-refractivity contribution in [2.24, 2.45) is 0 Å². The highest BCUT2D eigenvalue weighted by atomic mass is 79.9. The van der Waals surface area contributed by atoms with E-state index in [1.165, 1.54) is 12.3 Å². The van der Waals surface area contributed by atoms with Gasteiger partial charge in [-0.3, -0.25) is 0 Å². The van der Waals surface area contributed by atoms with E-state index >= 15 is 0 Å². The van der Waals surface area contributed by atoms with Crippen molar-refractivity contribution in [3.8, 4) is 11.5 Å². The molecule has 0 aliphatic heterocycles. The Labute approximate surface area is 125 Å². The second-order valence-corrected chi connectivity index (χ2v) is 4.93. The van der Waals surface area contributed by atoms with Crippen molar-refractivity contribution in [1.82, 2.24) is 4.98 Å². The fourth-order valence-corrected chi connectivity index (χ4v) is 2.02. The van der Waals surface area contributed by atoms with Crippen LogP contribution in [0.25, 0.3) is 0 Å². The second-order valence-electron chi connectivity index (χ2n) is 4.02. The molecule has 0 aliphatic carbocycles. The van der Waals surface area contributed by atoms with Crippen LogP contribution in [0, 0.1) is 5.82 Å². The van der Waals surface area contributed by atoms with Crippen LogP contribution < -0.4 is 14.8 Å². The van der Waals surface area contributed by atoms with Crippen molar-refractivity contribution in [1.29, 1.82) is 0 Å². The number of aromatic nitrogens is 1. The molecule has 0 fully saturated rings. The van der Waals surface area contributed by atoms with E-state index in [-0.39, 0.29) is 5.82 Å². The lowest BCUT2D eigenvalue weighted by molar-refractivity contribution is 0.391. The Balaban J connectivity index is 2.14. The molecule has 20 heavy (non-hydrogen) atoms. The molecule has 6 heteroatoms. The number of hydrogen-bond donors (Lipinski definition) is 1. The van der Waals surface area contributed by atoms with Gasteiger partial charge in [0, 0.05) is 28.8 Å². The lowest BCUT2D eigenvalue weighted by atomic mass is 10.2. The number of rotatable bonds is 5. The third-order valence-electron chi connectivity index (χ3n) is 2.75. The predicted molar refractivity (Wildman–Crippen MR) is 78.8 cm³/mol. The molecule has 0 radical (unpaired) electrons. The monoisotopic (exact) mass is 340 g/mol. The van der Waals surface area contributed by atoms with Crippen LogP contribution in [0.1, 0.15) is 5.56 Å². The highest BCUT2D eigenvalue weighted by Crippen LogP contribution is 2.25. The van der Waals surface area contributed by atoms with Gasteiger partial charge < -0.3 is 14.8 Å². The lowest BCUT2D eigenvalue weighted by Crippen LogP contribution is -2.05. The van der Waals surface area contributed by atoms with Gasteiger partial charge in [0.05, 0.1) is 14.2 Å². The zero-order valence-electron chi connectivity index (χ0n) is 11.1. The number of nitrogens with zero attached hydrogens (tertiary/aromatic N) is 1. The summed E-state index contributed by atoms with van der Waals surface area (Å²) in [6.45, 7) is 0.402. The molecule has 2 aromatic rings. The maximum absolute atomic E-state index is 13.6. The average Bonchev–Trinajstić information content (AvgIpc) is 2.46. The summed E-state index contributed by atoms with van der Waals surface area (Å²) >= 11 is 3.17. The maximum atomic E-state index is 13.6. The predicted octanol–water partition coefficient (Wildman–Crippen LogP) is 3.61. The van der Waals surface area contributed by atoms with Crippen LogP contribution in [-0.2, 0) is 6.54 Å². The number of halogens is 2. The molecule has 1 heterocycles. The minimum absolute atomic E-state index is 0.200. The molecule has 0 saturated heterocycles. The van der Waals surface area contributed by atoms with Gasteiger partial charge in [-0.15, -0.1) is 0 Å². The smallest absolute Gasteiger partial charge is 0.166 e. The third kappa shape index (κ3) is 3.39. The van der Waals surface area contributed by atoms with Gasteiger partial charge in [0.15, 0.2) is 11.6 Å². The van der Waals surface area contributed by atoms with E-state index in [4.69, 9.17) is 9.47 Å². The Hall–Kier alpha value is -1.82. The number of benzene rings is 1. The molecule has 106 valence electrons. The highest BCUT2D eigenvalue weighted by Gasteiger charge is 2.08. The first kappa shape index (κ1) is 14.6. The quantitative estimate of drug-likeness (QED) is 0.902. The largest absolute Gasteiger partial charge is 0.497 e. The van der Waals surface area contributed by atoms with E-state index in [1.54, 1.807) is 20.3 Å². The van der Waals surface area contributed by atoms with Gasteiger partial charge in [-0.1, -0.05) is 0 Å². The normalized spacial score (nSPS) is 10.2. The summed E-state index contributed by atoms with van der Waals surface area (Å²) in [6, 6.07) is 6.83. The number of ether oxygens (including phenoxy) is 2. The van der Waals surface area contributed by atoms with E-state index in [0.29, 0.717) is 22.5 Å². The summed E-state index contributed by atoms with van der Waals surface area (Å²) in [7, 11) is 3.17. The minimum Gasteiger partial charge on any atom is -0.497 e. The molecular weight excluding hydrogens is 327 g/mol. The fraction of sp³-hybridized carbons (Fsp3) is 0.214. The number of hydrogen-bond acceptors (Lipinski definition) is 4. The number of pyridine rings is 1. The van der Waals surface area contributed by atoms with Crippen LogP contribution in [0.5, 0.6) is 11.5 Å². The molecule has 0 bridgehead atoms. The van der Waals surface area contributed by atoms with Gasteiger partial charge in [-0.2, -0.15) is 0 Å². The summed E-state index contributed by atoms with van der Waals surface area (Å²) < 4.78 is 24.7. The fourth-order valence-electron chi connectivity index (χ4n) is 1.72. The summed E-state index contributed by atoms with van der Waals surface area (Å²) in [5.41, 5.74) is 0.886.